The first-order valence-corrected chi connectivity index (χ1v) is 6.26. The standard InChI is InChI=1S/C12H20N2O5/c1-4-14(11(16)7(2)13-8(3)15)10-6-19-5-9(10)12(17)18/h7,9-10H,4-6H2,1-3H3,(H,13,15)(H,17,18). The molecule has 2 amide bonds. The molecular formula is C12H20N2O5. The van der Waals surface area contributed by atoms with Crippen molar-refractivity contribution in [2.24, 2.45) is 5.92 Å². The van der Waals surface area contributed by atoms with E-state index in [0.29, 0.717) is 6.54 Å². The number of likely N-dealkylation sites (N-methyl/N-ethyl adjacent to an activating group) is 1. The average molecular weight is 272 g/mol. The molecule has 0 saturated carbocycles. The fraction of sp³-hybridized carbons (Fsp3) is 0.750. The van der Waals surface area contributed by atoms with Crippen molar-refractivity contribution in [3.8, 4) is 0 Å². The Morgan fingerprint density at radius 2 is 2.05 bits per heavy atom. The van der Waals surface area contributed by atoms with Crippen LogP contribution in [0.3, 0.4) is 0 Å². The maximum Gasteiger partial charge on any atom is 0.311 e. The molecule has 7 nitrogen and oxygen atoms in total. The molecule has 3 unspecified atom stereocenters. The summed E-state index contributed by atoms with van der Waals surface area (Å²) in [6, 6.07) is -1.15. The highest BCUT2D eigenvalue weighted by Gasteiger charge is 2.40. The molecule has 3 atom stereocenters. The fourth-order valence-electron chi connectivity index (χ4n) is 2.26. The van der Waals surface area contributed by atoms with Crippen LogP contribution in [0.1, 0.15) is 20.8 Å². The van der Waals surface area contributed by atoms with Crippen LogP contribution in [0.2, 0.25) is 0 Å². The van der Waals surface area contributed by atoms with Crippen molar-refractivity contribution in [3.63, 3.8) is 0 Å². The lowest BCUT2D eigenvalue weighted by Crippen LogP contribution is -2.53. The molecule has 2 N–H and O–H groups in total. The molecule has 0 aromatic heterocycles. The van der Waals surface area contributed by atoms with Crippen molar-refractivity contribution >= 4 is 17.8 Å². The minimum atomic E-state index is -0.971. The van der Waals surface area contributed by atoms with Gasteiger partial charge in [0.05, 0.1) is 19.3 Å². The molecule has 19 heavy (non-hydrogen) atoms. The summed E-state index contributed by atoms with van der Waals surface area (Å²) < 4.78 is 5.16. The van der Waals surface area contributed by atoms with Crippen molar-refractivity contribution in [2.45, 2.75) is 32.9 Å². The Labute approximate surface area is 111 Å². The smallest absolute Gasteiger partial charge is 0.311 e. The second-order valence-corrected chi connectivity index (χ2v) is 4.60. The predicted octanol–water partition coefficient (Wildman–Crippen LogP) is -0.541. The van der Waals surface area contributed by atoms with E-state index in [0.717, 1.165) is 0 Å². The number of carboxylic acid groups (broad SMARTS) is 1. The van der Waals surface area contributed by atoms with Gasteiger partial charge in [-0.25, -0.2) is 0 Å². The number of nitrogens with zero attached hydrogens (tertiary/aromatic N) is 1. The van der Waals surface area contributed by atoms with E-state index in [1.54, 1.807) is 13.8 Å². The number of aliphatic carboxylic acids is 1. The van der Waals surface area contributed by atoms with Crippen LogP contribution < -0.4 is 5.32 Å². The summed E-state index contributed by atoms with van der Waals surface area (Å²) in [5.74, 6) is -2.27. The van der Waals surface area contributed by atoms with Gasteiger partial charge >= 0.3 is 5.97 Å². The van der Waals surface area contributed by atoms with Crippen LogP contribution >= 0.6 is 0 Å². The molecule has 108 valence electrons. The molecule has 0 aromatic rings. The average Bonchev–Trinajstić information content (AvgIpc) is 2.78. The molecule has 1 saturated heterocycles. The van der Waals surface area contributed by atoms with Gasteiger partial charge in [-0.15, -0.1) is 0 Å². The summed E-state index contributed by atoms with van der Waals surface area (Å²) in [5.41, 5.74) is 0. The summed E-state index contributed by atoms with van der Waals surface area (Å²) in [7, 11) is 0. The van der Waals surface area contributed by atoms with E-state index < -0.39 is 24.0 Å². The summed E-state index contributed by atoms with van der Waals surface area (Å²) in [5, 5.41) is 11.6. The van der Waals surface area contributed by atoms with E-state index in [4.69, 9.17) is 9.84 Å². The van der Waals surface area contributed by atoms with Gasteiger partial charge in [0, 0.05) is 13.5 Å². The predicted molar refractivity (Wildman–Crippen MR) is 66.4 cm³/mol. The number of hydrogen-bond acceptors (Lipinski definition) is 4. The second-order valence-electron chi connectivity index (χ2n) is 4.60. The molecule has 0 radical (unpaired) electrons. The maximum absolute atomic E-state index is 12.2. The lowest BCUT2D eigenvalue weighted by atomic mass is 10.0. The van der Waals surface area contributed by atoms with Crippen molar-refractivity contribution in [3.05, 3.63) is 0 Å². The van der Waals surface area contributed by atoms with Crippen LogP contribution in [0.25, 0.3) is 0 Å². The van der Waals surface area contributed by atoms with Crippen LogP contribution in [-0.2, 0) is 19.1 Å². The first-order valence-electron chi connectivity index (χ1n) is 6.26. The Morgan fingerprint density at radius 1 is 1.42 bits per heavy atom. The zero-order valence-corrected chi connectivity index (χ0v) is 11.4. The van der Waals surface area contributed by atoms with Gasteiger partial charge in [-0.1, -0.05) is 0 Å². The van der Waals surface area contributed by atoms with E-state index >= 15 is 0 Å². The van der Waals surface area contributed by atoms with E-state index in [2.05, 4.69) is 5.32 Å². The van der Waals surface area contributed by atoms with Gasteiger partial charge in [-0.05, 0) is 13.8 Å². The van der Waals surface area contributed by atoms with Crippen LogP contribution in [0.5, 0.6) is 0 Å². The number of ether oxygens (including phenoxy) is 1. The quantitative estimate of drug-likeness (QED) is 0.700. The number of carbonyl (C=O) groups excluding carboxylic acids is 2. The van der Waals surface area contributed by atoms with Gasteiger partial charge in [-0.3, -0.25) is 14.4 Å². The van der Waals surface area contributed by atoms with Gasteiger partial charge < -0.3 is 20.1 Å². The van der Waals surface area contributed by atoms with Crippen molar-refractivity contribution in [1.82, 2.24) is 10.2 Å². The Kier molecular flexibility index (Phi) is 5.29. The van der Waals surface area contributed by atoms with Gasteiger partial charge in [0.2, 0.25) is 11.8 Å². The Bertz CT molecular complexity index is 371. The first-order chi connectivity index (χ1) is 8.88. The molecule has 1 rings (SSSR count). The minimum Gasteiger partial charge on any atom is -0.481 e. The monoisotopic (exact) mass is 272 g/mol. The van der Waals surface area contributed by atoms with Crippen LogP contribution in [0, 0.1) is 5.92 Å². The Hall–Kier alpha value is -1.63. The van der Waals surface area contributed by atoms with E-state index in [9.17, 15) is 14.4 Å². The van der Waals surface area contributed by atoms with Crippen LogP contribution in [0.4, 0.5) is 0 Å². The van der Waals surface area contributed by atoms with Gasteiger partial charge in [0.25, 0.3) is 0 Å². The number of amides is 2. The second kappa shape index (κ2) is 6.51. The summed E-state index contributed by atoms with van der Waals surface area (Å²) in [6.45, 7) is 5.38. The zero-order valence-electron chi connectivity index (χ0n) is 11.4. The highest BCUT2D eigenvalue weighted by Crippen LogP contribution is 2.20. The Morgan fingerprint density at radius 3 is 2.53 bits per heavy atom. The third-order valence-electron chi connectivity index (χ3n) is 3.18. The lowest BCUT2D eigenvalue weighted by Gasteiger charge is -2.31. The van der Waals surface area contributed by atoms with E-state index in [1.807, 2.05) is 0 Å². The molecular weight excluding hydrogens is 252 g/mol. The SMILES string of the molecule is CCN(C(=O)C(C)NC(C)=O)C1COCC1C(=O)O. The third-order valence-corrected chi connectivity index (χ3v) is 3.18. The van der Waals surface area contributed by atoms with Gasteiger partial charge in [0.1, 0.15) is 12.0 Å². The number of nitrogens with one attached hydrogen (secondary N) is 1. The molecule has 1 fully saturated rings. The highest BCUT2D eigenvalue weighted by molar-refractivity contribution is 5.87. The molecule has 0 aromatic carbocycles. The highest BCUT2D eigenvalue weighted by atomic mass is 16.5. The summed E-state index contributed by atoms with van der Waals surface area (Å²) >= 11 is 0. The van der Waals surface area contributed by atoms with E-state index in [1.165, 1.54) is 11.8 Å². The molecule has 0 aliphatic carbocycles. The lowest BCUT2D eigenvalue weighted by molar-refractivity contribution is -0.146. The normalized spacial score (nSPS) is 23.7. The van der Waals surface area contributed by atoms with Crippen molar-refractivity contribution in [2.75, 3.05) is 19.8 Å². The van der Waals surface area contributed by atoms with Crippen molar-refractivity contribution in [1.29, 1.82) is 0 Å². The number of carbonyl (C=O) groups is 3. The Balaban J connectivity index is 2.79. The fourth-order valence-corrected chi connectivity index (χ4v) is 2.26. The van der Waals surface area contributed by atoms with Crippen LogP contribution in [-0.4, -0.2) is 59.6 Å². The van der Waals surface area contributed by atoms with E-state index in [-0.39, 0.29) is 25.0 Å². The molecule has 1 aliphatic heterocycles. The van der Waals surface area contributed by atoms with Crippen LogP contribution in [0.15, 0.2) is 0 Å². The number of hydrogen-bond donors (Lipinski definition) is 2. The van der Waals surface area contributed by atoms with Gasteiger partial charge in [-0.2, -0.15) is 0 Å². The molecule has 0 spiro atoms. The largest absolute Gasteiger partial charge is 0.481 e. The molecule has 1 heterocycles. The van der Waals surface area contributed by atoms with Crippen molar-refractivity contribution < 1.29 is 24.2 Å². The maximum atomic E-state index is 12.2. The number of rotatable bonds is 5. The topological polar surface area (TPSA) is 95.9 Å². The minimum absolute atomic E-state index is 0.109. The third kappa shape index (κ3) is 3.66. The molecule has 1 aliphatic rings. The number of carboxylic acids is 1. The molecule has 0 bridgehead atoms. The first kappa shape index (κ1) is 15.4. The zero-order chi connectivity index (χ0) is 14.6. The molecule has 7 heteroatoms. The summed E-state index contributed by atoms with van der Waals surface area (Å²) in [4.78, 5) is 35.8. The summed E-state index contributed by atoms with van der Waals surface area (Å²) in [6.07, 6.45) is 0. The van der Waals surface area contributed by atoms with Gasteiger partial charge in [0.15, 0.2) is 0 Å².